The van der Waals surface area contributed by atoms with Crippen LogP contribution in [0.1, 0.15) is 38.3 Å². The highest BCUT2D eigenvalue weighted by molar-refractivity contribution is 6.31. The molecule has 2 N–H and O–H groups in total. The van der Waals surface area contributed by atoms with Crippen molar-refractivity contribution < 1.29 is 0 Å². The molecular weight excluding hydrogens is 244 g/mol. The lowest BCUT2D eigenvalue weighted by molar-refractivity contribution is 0.298. The second kappa shape index (κ2) is 7.78. The molecule has 0 aliphatic carbocycles. The van der Waals surface area contributed by atoms with Gasteiger partial charge in [-0.3, -0.25) is 0 Å². The van der Waals surface area contributed by atoms with Crippen LogP contribution in [0.2, 0.25) is 5.02 Å². The minimum Gasteiger partial charge on any atom is -0.324 e. The summed E-state index contributed by atoms with van der Waals surface area (Å²) in [7, 11) is 2.15. The molecule has 102 valence electrons. The summed E-state index contributed by atoms with van der Waals surface area (Å²) >= 11 is 6.14. The number of benzene rings is 1. The van der Waals surface area contributed by atoms with Gasteiger partial charge in [0.25, 0.3) is 0 Å². The zero-order valence-corrected chi connectivity index (χ0v) is 12.5. The first-order valence-electron chi connectivity index (χ1n) is 6.69. The Morgan fingerprint density at radius 1 is 1.17 bits per heavy atom. The average molecular weight is 269 g/mol. The summed E-state index contributed by atoms with van der Waals surface area (Å²) in [6, 6.07) is 7.87. The highest BCUT2D eigenvalue weighted by Crippen LogP contribution is 2.23. The largest absolute Gasteiger partial charge is 0.324 e. The maximum absolute atomic E-state index is 6.19. The van der Waals surface area contributed by atoms with Crippen molar-refractivity contribution >= 4 is 11.6 Å². The minimum atomic E-state index is 0.0280. The van der Waals surface area contributed by atoms with Crippen LogP contribution in [0.25, 0.3) is 0 Å². The summed E-state index contributed by atoms with van der Waals surface area (Å²) in [5.74, 6) is 0.754. The molecular formula is C15H25ClN2. The van der Waals surface area contributed by atoms with E-state index < -0.39 is 0 Å². The van der Waals surface area contributed by atoms with Gasteiger partial charge in [-0.25, -0.2) is 0 Å². The summed E-state index contributed by atoms with van der Waals surface area (Å²) in [6.07, 6.45) is 2.18. The first-order chi connectivity index (χ1) is 8.50. The molecule has 0 aliphatic rings. The van der Waals surface area contributed by atoms with E-state index in [1.165, 1.54) is 6.42 Å². The van der Waals surface area contributed by atoms with Crippen LogP contribution in [0.3, 0.4) is 0 Å². The Hall–Kier alpha value is -0.570. The molecule has 1 aromatic carbocycles. The van der Waals surface area contributed by atoms with Gasteiger partial charge >= 0.3 is 0 Å². The fourth-order valence-electron chi connectivity index (χ4n) is 1.88. The quantitative estimate of drug-likeness (QED) is 0.817. The Labute approximate surface area is 116 Å². The molecule has 0 amide bonds. The molecule has 2 nitrogen and oxygen atoms in total. The molecule has 1 unspecified atom stereocenters. The van der Waals surface area contributed by atoms with Crippen molar-refractivity contribution in [3.05, 3.63) is 34.9 Å². The normalized spacial score (nSPS) is 13.3. The van der Waals surface area contributed by atoms with Crippen LogP contribution in [-0.2, 0) is 0 Å². The van der Waals surface area contributed by atoms with E-state index in [9.17, 15) is 0 Å². The number of halogens is 1. The molecule has 3 heteroatoms. The van der Waals surface area contributed by atoms with Crippen LogP contribution in [0.15, 0.2) is 24.3 Å². The summed E-state index contributed by atoms with van der Waals surface area (Å²) < 4.78 is 0. The standard InChI is InChI=1S/C15H25ClN2/c1-12(2)8-10-18(3)11-9-15(17)13-6-4-5-7-14(13)16/h4-7,12,15H,8-11,17H2,1-3H3. The molecule has 1 atom stereocenters. The van der Waals surface area contributed by atoms with E-state index in [1.54, 1.807) is 0 Å². The predicted octanol–water partition coefficient (Wildman–Crippen LogP) is 3.71. The Kier molecular flexibility index (Phi) is 6.69. The maximum Gasteiger partial charge on any atom is 0.0453 e. The second-order valence-electron chi connectivity index (χ2n) is 5.40. The predicted molar refractivity (Wildman–Crippen MR) is 79.9 cm³/mol. The van der Waals surface area contributed by atoms with Crippen LogP contribution in [0.5, 0.6) is 0 Å². The van der Waals surface area contributed by atoms with Gasteiger partial charge in [0.05, 0.1) is 0 Å². The molecule has 0 heterocycles. The number of hydrogen-bond acceptors (Lipinski definition) is 2. The summed E-state index contributed by atoms with van der Waals surface area (Å²) in [5, 5.41) is 0.773. The molecule has 0 spiro atoms. The highest BCUT2D eigenvalue weighted by atomic mass is 35.5. The number of hydrogen-bond donors (Lipinski definition) is 1. The zero-order valence-electron chi connectivity index (χ0n) is 11.7. The van der Waals surface area contributed by atoms with E-state index in [0.29, 0.717) is 0 Å². The zero-order chi connectivity index (χ0) is 13.5. The van der Waals surface area contributed by atoms with Crippen molar-refractivity contribution in [2.24, 2.45) is 11.7 Å². The third-order valence-electron chi connectivity index (χ3n) is 3.21. The van der Waals surface area contributed by atoms with Gasteiger partial charge in [-0.05, 0) is 50.5 Å². The molecule has 1 rings (SSSR count). The van der Waals surface area contributed by atoms with E-state index in [-0.39, 0.29) is 6.04 Å². The van der Waals surface area contributed by atoms with Gasteiger partial charge in [-0.15, -0.1) is 0 Å². The van der Waals surface area contributed by atoms with E-state index in [2.05, 4.69) is 25.8 Å². The SMILES string of the molecule is CC(C)CCN(C)CCC(N)c1ccccc1Cl. The summed E-state index contributed by atoms with van der Waals surface area (Å²) in [6.45, 7) is 6.65. The third-order valence-corrected chi connectivity index (χ3v) is 3.56. The number of rotatable bonds is 7. The van der Waals surface area contributed by atoms with Crippen LogP contribution < -0.4 is 5.73 Å². The molecule has 0 saturated carbocycles. The van der Waals surface area contributed by atoms with E-state index >= 15 is 0 Å². The lowest BCUT2D eigenvalue weighted by atomic mass is 10.0. The Morgan fingerprint density at radius 3 is 2.39 bits per heavy atom. The Balaban J connectivity index is 2.37. The van der Waals surface area contributed by atoms with Crippen LogP contribution >= 0.6 is 11.6 Å². The lowest BCUT2D eigenvalue weighted by Crippen LogP contribution is -2.25. The topological polar surface area (TPSA) is 29.3 Å². The van der Waals surface area contributed by atoms with Gasteiger partial charge in [0, 0.05) is 11.1 Å². The second-order valence-corrected chi connectivity index (χ2v) is 5.81. The monoisotopic (exact) mass is 268 g/mol. The number of nitrogens with zero attached hydrogens (tertiary/aromatic N) is 1. The van der Waals surface area contributed by atoms with Gasteiger partial charge in [0.1, 0.15) is 0 Å². The maximum atomic E-state index is 6.19. The first kappa shape index (κ1) is 15.5. The van der Waals surface area contributed by atoms with Crippen molar-refractivity contribution in [2.75, 3.05) is 20.1 Å². The summed E-state index contributed by atoms with van der Waals surface area (Å²) in [4.78, 5) is 2.34. The van der Waals surface area contributed by atoms with Crippen LogP contribution in [-0.4, -0.2) is 25.0 Å². The van der Waals surface area contributed by atoms with E-state index in [1.807, 2.05) is 24.3 Å². The fraction of sp³-hybridized carbons (Fsp3) is 0.600. The first-order valence-corrected chi connectivity index (χ1v) is 7.07. The molecule has 0 fully saturated rings. The smallest absolute Gasteiger partial charge is 0.0453 e. The lowest BCUT2D eigenvalue weighted by Gasteiger charge is -2.20. The fourth-order valence-corrected chi connectivity index (χ4v) is 2.16. The molecule has 0 aromatic heterocycles. The minimum absolute atomic E-state index is 0.0280. The van der Waals surface area contributed by atoms with Crippen molar-refractivity contribution in [2.45, 2.75) is 32.7 Å². The van der Waals surface area contributed by atoms with Crippen molar-refractivity contribution in [3.8, 4) is 0 Å². The van der Waals surface area contributed by atoms with Crippen molar-refractivity contribution in [3.63, 3.8) is 0 Å². The molecule has 1 aromatic rings. The van der Waals surface area contributed by atoms with Crippen molar-refractivity contribution in [1.29, 1.82) is 0 Å². The Morgan fingerprint density at radius 2 is 1.78 bits per heavy atom. The highest BCUT2D eigenvalue weighted by Gasteiger charge is 2.10. The van der Waals surface area contributed by atoms with Crippen LogP contribution in [0.4, 0.5) is 0 Å². The van der Waals surface area contributed by atoms with E-state index in [4.69, 9.17) is 17.3 Å². The van der Waals surface area contributed by atoms with Crippen LogP contribution in [0, 0.1) is 5.92 Å². The van der Waals surface area contributed by atoms with Crippen molar-refractivity contribution in [1.82, 2.24) is 4.90 Å². The van der Waals surface area contributed by atoms with Gasteiger partial charge < -0.3 is 10.6 Å². The van der Waals surface area contributed by atoms with Gasteiger partial charge in [0.2, 0.25) is 0 Å². The van der Waals surface area contributed by atoms with Gasteiger partial charge in [0.15, 0.2) is 0 Å². The molecule has 0 radical (unpaired) electrons. The van der Waals surface area contributed by atoms with Gasteiger partial charge in [-0.1, -0.05) is 43.6 Å². The summed E-state index contributed by atoms with van der Waals surface area (Å²) in [5.41, 5.74) is 7.24. The number of nitrogens with two attached hydrogens (primary N) is 1. The average Bonchev–Trinajstić information content (AvgIpc) is 2.34. The molecule has 0 aliphatic heterocycles. The van der Waals surface area contributed by atoms with Gasteiger partial charge in [-0.2, -0.15) is 0 Å². The Bertz CT molecular complexity index is 352. The molecule has 0 saturated heterocycles. The molecule has 0 bridgehead atoms. The third kappa shape index (κ3) is 5.38. The molecule has 18 heavy (non-hydrogen) atoms. The van der Waals surface area contributed by atoms with E-state index in [0.717, 1.165) is 36.0 Å².